The Labute approximate surface area is 152 Å². The number of para-hydroxylation sites is 1. The summed E-state index contributed by atoms with van der Waals surface area (Å²) in [5, 5.41) is 7.11. The van der Waals surface area contributed by atoms with E-state index in [1.54, 1.807) is 16.9 Å². The Hall–Kier alpha value is -3.15. The lowest BCUT2D eigenvalue weighted by Crippen LogP contribution is -2.21. The maximum atomic E-state index is 12.1. The lowest BCUT2D eigenvalue weighted by Gasteiger charge is -2.09. The van der Waals surface area contributed by atoms with Crippen LogP contribution in [0.1, 0.15) is 18.2 Å². The van der Waals surface area contributed by atoms with Crippen LogP contribution in [-0.2, 0) is 24.2 Å². The van der Waals surface area contributed by atoms with Gasteiger partial charge in [0.1, 0.15) is 5.75 Å². The first-order valence-corrected chi connectivity index (χ1v) is 8.68. The number of pyridine rings is 1. The van der Waals surface area contributed by atoms with Gasteiger partial charge < -0.3 is 10.1 Å². The van der Waals surface area contributed by atoms with Crippen LogP contribution in [0.2, 0.25) is 0 Å². The summed E-state index contributed by atoms with van der Waals surface area (Å²) in [6.45, 7) is 2.71. The van der Waals surface area contributed by atoms with Crippen molar-refractivity contribution in [3.63, 3.8) is 0 Å². The van der Waals surface area contributed by atoms with Gasteiger partial charge in [0.2, 0.25) is 0 Å². The molecule has 0 aliphatic carbocycles. The molecule has 0 fully saturated rings. The van der Waals surface area contributed by atoms with Gasteiger partial charge in [-0.1, -0.05) is 31.2 Å². The number of aromatic nitrogens is 3. The van der Waals surface area contributed by atoms with Crippen molar-refractivity contribution in [2.24, 2.45) is 0 Å². The smallest absolute Gasteiger partial charge is 0.263 e. The van der Waals surface area contributed by atoms with Crippen molar-refractivity contribution in [2.75, 3.05) is 11.9 Å². The summed E-state index contributed by atoms with van der Waals surface area (Å²) in [6.07, 6.45) is 5.26. The highest BCUT2D eigenvalue weighted by Gasteiger charge is 2.08. The van der Waals surface area contributed by atoms with E-state index in [2.05, 4.69) is 22.3 Å². The van der Waals surface area contributed by atoms with E-state index in [4.69, 9.17) is 4.74 Å². The van der Waals surface area contributed by atoms with Gasteiger partial charge in [-0.15, -0.1) is 0 Å². The molecule has 1 aromatic carbocycles. The average molecular weight is 350 g/mol. The van der Waals surface area contributed by atoms with Gasteiger partial charge in [-0.2, -0.15) is 5.10 Å². The minimum Gasteiger partial charge on any atom is -0.483 e. The number of rotatable bonds is 8. The standard InChI is InChI=1S/C20H22N4O2/c1-2-16-7-3-4-9-18(16)26-15-20(25)22-19-11-14-24(23-19)13-10-17-8-5-6-12-21-17/h3-9,11-12,14H,2,10,13,15H2,1H3,(H,22,23,25). The van der Waals surface area contributed by atoms with Crippen molar-refractivity contribution >= 4 is 11.7 Å². The predicted molar refractivity (Wildman–Crippen MR) is 100 cm³/mol. The van der Waals surface area contributed by atoms with Crippen LogP contribution in [0.3, 0.4) is 0 Å². The molecule has 2 aromatic heterocycles. The molecule has 0 aliphatic rings. The van der Waals surface area contributed by atoms with Crippen molar-refractivity contribution < 1.29 is 9.53 Å². The topological polar surface area (TPSA) is 69.0 Å². The average Bonchev–Trinajstić information content (AvgIpc) is 3.13. The predicted octanol–water partition coefficient (Wildman–Crippen LogP) is 3.10. The molecule has 3 rings (SSSR count). The molecule has 0 bridgehead atoms. The molecule has 2 heterocycles. The van der Waals surface area contributed by atoms with Crippen LogP contribution in [0.15, 0.2) is 60.9 Å². The number of aryl methyl sites for hydroxylation is 3. The van der Waals surface area contributed by atoms with E-state index in [0.29, 0.717) is 12.4 Å². The van der Waals surface area contributed by atoms with E-state index in [-0.39, 0.29) is 12.5 Å². The summed E-state index contributed by atoms with van der Waals surface area (Å²) < 4.78 is 7.41. The number of benzene rings is 1. The van der Waals surface area contributed by atoms with Crippen molar-refractivity contribution in [1.29, 1.82) is 0 Å². The third kappa shape index (κ3) is 4.92. The second-order valence-electron chi connectivity index (χ2n) is 5.83. The van der Waals surface area contributed by atoms with Crippen LogP contribution in [-0.4, -0.2) is 27.3 Å². The van der Waals surface area contributed by atoms with E-state index in [1.165, 1.54) is 0 Å². The van der Waals surface area contributed by atoms with Crippen LogP contribution >= 0.6 is 0 Å². The van der Waals surface area contributed by atoms with Gasteiger partial charge in [0, 0.05) is 37.1 Å². The SMILES string of the molecule is CCc1ccccc1OCC(=O)Nc1ccn(CCc2ccccn2)n1. The molecule has 0 radical (unpaired) electrons. The normalized spacial score (nSPS) is 10.5. The van der Waals surface area contributed by atoms with Crippen molar-refractivity contribution in [2.45, 2.75) is 26.3 Å². The van der Waals surface area contributed by atoms with Crippen LogP contribution < -0.4 is 10.1 Å². The summed E-state index contributed by atoms with van der Waals surface area (Å²) in [5.74, 6) is 1.03. The lowest BCUT2D eigenvalue weighted by molar-refractivity contribution is -0.118. The van der Waals surface area contributed by atoms with Crippen molar-refractivity contribution in [3.8, 4) is 5.75 Å². The van der Waals surface area contributed by atoms with Gasteiger partial charge in [-0.3, -0.25) is 14.5 Å². The number of hydrogen-bond donors (Lipinski definition) is 1. The van der Waals surface area contributed by atoms with Gasteiger partial charge >= 0.3 is 0 Å². The number of nitrogens with one attached hydrogen (secondary N) is 1. The van der Waals surface area contributed by atoms with Crippen LogP contribution in [0.25, 0.3) is 0 Å². The molecule has 1 N–H and O–H groups in total. The van der Waals surface area contributed by atoms with Crippen LogP contribution in [0.4, 0.5) is 5.82 Å². The number of carbonyl (C=O) groups excluding carboxylic acids is 1. The van der Waals surface area contributed by atoms with Crippen molar-refractivity contribution in [3.05, 3.63) is 72.2 Å². The highest BCUT2D eigenvalue weighted by atomic mass is 16.5. The van der Waals surface area contributed by atoms with E-state index in [9.17, 15) is 4.79 Å². The number of amides is 1. The first-order valence-electron chi connectivity index (χ1n) is 8.68. The molecule has 0 aliphatic heterocycles. The molecule has 3 aromatic rings. The van der Waals surface area contributed by atoms with Crippen LogP contribution in [0, 0.1) is 0 Å². The fraction of sp³-hybridized carbons (Fsp3) is 0.250. The molecule has 1 amide bonds. The van der Waals surface area contributed by atoms with E-state index in [1.807, 2.05) is 48.7 Å². The molecule has 0 saturated heterocycles. The molecule has 6 nitrogen and oxygen atoms in total. The first-order chi connectivity index (χ1) is 12.7. The zero-order valence-corrected chi connectivity index (χ0v) is 14.8. The Balaban J connectivity index is 1.48. The maximum absolute atomic E-state index is 12.1. The Morgan fingerprint density at radius 2 is 2.00 bits per heavy atom. The Bertz CT molecular complexity index is 846. The Morgan fingerprint density at radius 3 is 2.81 bits per heavy atom. The molecule has 134 valence electrons. The van der Waals surface area contributed by atoms with Gasteiger partial charge in [-0.25, -0.2) is 0 Å². The number of ether oxygens (including phenoxy) is 1. The fourth-order valence-electron chi connectivity index (χ4n) is 2.59. The summed E-state index contributed by atoms with van der Waals surface area (Å²) in [7, 11) is 0. The molecule has 0 atom stereocenters. The Morgan fingerprint density at radius 1 is 1.15 bits per heavy atom. The molecule has 0 unspecified atom stereocenters. The van der Waals surface area contributed by atoms with Crippen LogP contribution in [0.5, 0.6) is 5.75 Å². The number of nitrogens with zero attached hydrogens (tertiary/aromatic N) is 3. The van der Waals surface area contributed by atoms with Crippen molar-refractivity contribution in [1.82, 2.24) is 14.8 Å². The molecular weight excluding hydrogens is 328 g/mol. The van der Waals surface area contributed by atoms with E-state index in [0.717, 1.165) is 29.8 Å². The highest BCUT2D eigenvalue weighted by molar-refractivity contribution is 5.90. The van der Waals surface area contributed by atoms with Gasteiger partial charge in [-0.05, 0) is 30.2 Å². The molecule has 0 saturated carbocycles. The summed E-state index contributed by atoms with van der Waals surface area (Å²) in [6, 6.07) is 15.3. The van der Waals surface area contributed by atoms with E-state index < -0.39 is 0 Å². The third-order valence-corrected chi connectivity index (χ3v) is 3.94. The third-order valence-electron chi connectivity index (χ3n) is 3.94. The minimum absolute atomic E-state index is 0.0438. The summed E-state index contributed by atoms with van der Waals surface area (Å²) >= 11 is 0. The molecule has 6 heteroatoms. The van der Waals surface area contributed by atoms with Gasteiger partial charge in [0.25, 0.3) is 5.91 Å². The Kier molecular flexibility index (Phi) is 5.98. The monoisotopic (exact) mass is 350 g/mol. The quantitative estimate of drug-likeness (QED) is 0.678. The highest BCUT2D eigenvalue weighted by Crippen LogP contribution is 2.18. The van der Waals surface area contributed by atoms with Gasteiger partial charge in [0.15, 0.2) is 12.4 Å². The zero-order valence-electron chi connectivity index (χ0n) is 14.8. The second kappa shape index (κ2) is 8.80. The maximum Gasteiger partial charge on any atom is 0.263 e. The summed E-state index contributed by atoms with van der Waals surface area (Å²) in [5.41, 5.74) is 2.09. The largest absolute Gasteiger partial charge is 0.483 e. The lowest BCUT2D eigenvalue weighted by atomic mass is 10.1. The first kappa shape index (κ1) is 17.7. The molecular formula is C20H22N4O2. The molecule has 26 heavy (non-hydrogen) atoms. The van der Waals surface area contributed by atoms with Gasteiger partial charge in [0.05, 0.1) is 0 Å². The number of anilines is 1. The second-order valence-corrected chi connectivity index (χ2v) is 5.83. The zero-order chi connectivity index (χ0) is 18.2. The van der Waals surface area contributed by atoms with E-state index >= 15 is 0 Å². The summed E-state index contributed by atoms with van der Waals surface area (Å²) in [4.78, 5) is 16.4. The fourth-order valence-corrected chi connectivity index (χ4v) is 2.59. The minimum atomic E-state index is -0.231. The number of hydrogen-bond acceptors (Lipinski definition) is 4. The molecule has 0 spiro atoms. The number of carbonyl (C=O) groups is 1.